The number of likely N-dealkylation sites (tertiary alicyclic amines) is 1. The van der Waals surface area contributed by atoms with E-state index in [4.69, 9.17) is 5.73 Å². The molecule has 2 N–H and O–H groups in total. The molecule has 2 heterocycles. The molecule has 2 rings (SSSR count). The summed E-state index contributed by atoms with van der Waals surface area (Å²) in [5.41, 5.74) is 7.43. The SMILES string of the molecule is CCC(C)C(N)C(=O)N1CCCCCC1c1cccn1C. The van der Waals surface area contributed by atoms with Gasteiger partial charge in [0.05, 0.1) is 12.1 Å². The van der Waals surface area contributed by atoms with Crippen LogP contribution in [0.3, 0.4) is 0 Å². The lowest BCUT2D eigenvalue weighted by Gasteiger charge is -2.34. The summed E-state index contributed by atoms with van der Waals surface area (Å²) < 4.78 is 2.13. The number of carbonyl (C=O) groups is 1. The molecule has 3 unspecified atom stereocenters. The molecule has 1 aliphatic heterocycles. The second-order valence-corrected chi connectivity index (χ2v) is 6.35. The van der Waals surface area contributed by atoms with Crippen molar-refractivity contribution in [2.75, 3.05) is 6.54 Å². The molecule has 0 saturated carbocycles. The number of hydrogen-bond acceptors (Lipinski definition) is 2. The van der Waals surface area contributed by atoms with E-state index in [1.54, 1.807) is 0 Å². The lowest BCUT2D eigenvalue weighted by molar-refractivity contribution is -0.136. The van der Waals surface area contributed by atoms with E-state index < -0.39 is 0 Å². The van der Waals surface area contributed by atoms with Crippen LogP contribution in [0.25, 0.3) is 0 Å². The highest BCUT2D eigenvalue weighted by Gasteiger charge is 2.32. The molecular weight excluding hydrogens is 262 g/mol. The van der Waals surface area contributed by atoms with E-state index in [1.165, 1.54) is 18.5 Å². The third kappa shape index (κ3) is 3.49. The fraction of sp³-hybridized carbons (Fsp3) is 0.706. The van der Waals surface area contributed by atoms with Crippen molar-refractivity contribution in [3.63, 3.8) is 0 Å². The molecule has 1 aliphatic rings. The quantitative estimate of drug-likeness (QED) is 0.927. The lowest BCUT2D eigenvalue weighted by atomic mass is 9.97. The summed E-state index contributed by atoms with van der Waals surface area (Å²) in [6.07, 6.45) is 7.49. The first-order valence-corrected chi connectivity index (χ1v) is 8.23. The van der Waals surface area contributed by atoms with Crippen LogP contribution in [0.15, 0.2) is 18.3 Å². The maximum atomic E-state index is 12.9. The molecule has 0 radical (unpaired) electrons. The second kappa shape index (κ2) is 7.12. The minimum Gasteiger partial charge on any atom is -0.353 e. The van der Waals surface area contributed by atoms with Gasteiger partial charge in [0, 0.05) is 25.5 Å². The maximum absolute atomic E-state index is 12.9. The first kappa shape index (κ1) is 16.1. The fourth-order valence-electron chi connectivity index (χ4n) is 3.19. The van der Waals surface area contributed by atoms with Crippen LogP contribution in [-0.2, 0) is 11.8 Å². The largest absolute Gasteiger partial charge is 0.353 e. The Balaban J connectivity index is 2.24. The Kier molecular flexibility index (Phi) is 5.45. The third-order valence-electron chi connectivity index (χ3n) is 4.90. The maximum Gasteiger partial charge on any atom is 0.240 e. The molecule has 4 heteroatoms. The molecule has 1 saturated heterocycles. The third-order valence-corrected chi connectivity index (χ3v) is 4.90. The van der Waals surface area contributed by atoms with Crippen molar-refractivity contribution in [1.82, 2.24) is 9.47 Å². The number of carbonyl (C=O) groups excluding carboxylic acids is 1. The summed E-state index contributed by atoms with van der Waals surface area (Å²) in [5, 5.41) is 0. The Hall–Kier alpha value is -1.29. The van der Waals surface area contributed by atoms with Crippen LogP contribution in [0.4, 0.5) is 0 Å². The smallest absolute Gasteiger partial charge is 0.240 e. The van der Waals surface area contributed by atoms with Crippen LogP contribution in [0.1, 0.15) is 57.7 Å². The van der Waals surface area contributed by atoms with Gasteiger partial charge in [0.1, 0.15) is 0 Å². The molecule has 0 aliphatic carbocycles. The van der Waals surface area contributed by atoms with Gasteiger partial charge < -0.3 is 15.2 Å². The Morgan fingerprint density at radius 2 is 2.19 bits per heavy atom. The predicted octanol–water partition coefficient (Wildman–Crippen LogP) is 2.84. The standard InChI is InChI=1S/C17H29N3O/c1-4-13(2)16(18)17(21)20-12-7-5-6-9-15(20)14-10-8-11-19(14)3/h8,10-11,13,15-16H,4-7,9,12,18H2,1-3H3. The number of hydrogen-bond donors (Lipinski definition) is 1. The monoisotopic (exact) mass is 291 g/mol. The Morgan fingerprint density at radius 1 is 1.43 bits per heavy atom. The lowest BCUT2D eigenvalue weighted by Crippen LogP contribution is -2.48. The second-order valence-electron chi connectivity index (χ2n) is 6.35. The number of amides is 1. The van der Waals surface area contributed by atoms with E-state index in [0.29, 0.717) is 0 Å². The molecule has 3 atom stereocenters. The van der Waals surface area contributed by atoms with Crippen LogP contribution in [0.2, 0.25) is 0 Å². The van der Waals surface area contributed by atoms with Crippen molar-refractivity contribution in [3.8, 4) is 0 Å². The average molecular weight is 291 g/mol. The Morgan fingerprint density at radius 3 is 2.81 bits per heavy atom. The normalized spacial score (nSPS) is 22.7. The molecule has 118 valence electrons. The van der Waals surface area contributed by atoms with Gasteiger partial charge in [0.25, 0.3) is 0 Å². The summed E-state index contributed by atoms with van der Waals surface area (Å²) in [6, 6.07) is 3.98. The zero-order chi connectivity index (χ0) is 15.4. The molecule has 0 spiro atoms. The number of aryl methyl sites for hydroxylation is 1. The van der Waals surface area contributed by atoms with Gasteiger partial charge in [-0.05, 0) is 30.9 Å². The number of rotatable bonds is 4. The van der Waals surface area contributed by atoms with E-state index >= 15 is 0 Å². The van der Waals surface area contributed by atoms with E-state index in [1.807, 2.05) is 4.90 Å². The first-order chi connectivity index (χ1) is 10.1. The van der Waals surface area contributed by atoms with Crippen molar-refractivity contribution >= 4 is 5.91 Å². The van der Waals surface area contributed by atoms with Crippen LogP contribution in [0.5, 0.6) is 0 Å². The van der Waals surface area contributed by atoms with Gasteiger partial charge in [-0.2, -0.15) is 0 Å². The highest BCUT2D eigenvalue weighted by molar-refractivity contribution is 5.82. The van der Waals surface area contributed by atoms with E-state index in [-0.39, 0.29) is 23.9 Å². The van der Waals surface area contributed by atoms with Crippen LogP contribution >= 0.6 is 0 Å². The first-order valence-electron chi connectivity index (χ1n) is 8.23. The van der Waals surface area contributed by atoms with Crippen LogP contribution < -0.4 is 5.73 Å². The van der Waals surface area contributed by atoms with E-state index in [2.05, 4.69) is 43.8 Å². The van der Waals surface area contributed by atoms with Crippen molar-refractivity contribution in [3.05, 3.63) is 24.0 Å². The molecule has 1 amide bonds. The van der Waals surface area contributed by atoms with Gasteiger partial charge in [-0.25, -0.2) is 0 Å². The Bertz CT molecular complexity index is 468. The highest BCUT2D eigenvalue weighted by Crippen LogP contribution is 2.31. The molecule has 1 aromatic rings. The summed E-state index contributed by atoms with van der Waals surface area (Å²) in [4.78, 5) is 14.9. The number of aromatic nitrogens is 1. The summed E-state index contributed by atoms with van der Waals surface area (Å²) in [5.74, 6) is 0.354. The average Bonchev–Trinajstić information content (AvgIpc) is 2.77. The van der Waals surface area contributed by atoms with Crippen LogP contribution in [-0.4, -0.2) is 28.0 Å². The zero-order valence-corrected chi connectivity index (χ0v) is 13.6. The van der Waals surface area contributed by atoms with Crippen LogP contribution in [0, 0.1) is 5.92 Å². The molecule has 1 aromatic heterocycles. The molecule has 0 bridgehead atoms. The predicted molar refractivity (Wildman–Crippen MR) is 85.8 cm³/mol. The van der Waals surface area contributed by atoms with Gasteiger partial charge in [-0.3, -0.25) is 4.79 Å². The minimum absolute atomic E-state index is 0.123. The summed E-state index contributed by atoms with van der Waals surface area (Å²) >= 11 is 0. The molecule has 1 fully saturated rings. The van der Waals surface area contributed by atoms with Crippen molar-refractivity contribution < 1.29 is 4.79 Å². The van der Waals surface area contributed by atoms with Gasteiger partial charge in [-0.1, -0.05) is 33.1 Å². The number of nitrogens with zero attached hydrogens (tertiary/aromatic N) is 2. The highest BCUT2D eigenvalue weighted by atomic mass is 16.2. The summed E-state index contributed by atoms with van der Waals surface area (Å²) in [7, 11) is 2.05. The van der Waals surface area contributed by atoms with Gasteiger partial charge in [0.15, 0.2) is 0 Å². The Labute approximate surface area is 128 Å². The zero-order valence-electron chi connectivity index (χ0n) is 13.6. The molecule has 21 heavy (non-hydrogen) atoms. The molecule has 0 aromatic carbocycles. The van der Waals surface area contributed by atoms with Crippen molar-refractivity contribution in [2.24, 2.45) is 18.7 Å². The molecule has 4 nitrogen and oxygen atoms in total. The minimum atomic E-state index is -0.379. The van der Waals surface area contributed by atoms with Gasteiger partial charge in [0.2, 0.25) is 5.91 Å². The summed E-state index contributed by atoms with van der Waals surface area (Å²) in [6.45, 7) is 4.99. The van der Waals surface area contributed by atoms with Crippen molar-refractivity contribution in [1.29, 1.82) is 0 Å². The number of nitrogens with two attached hydrogens (primary N) is 1. The van der Waals surface area contributed by atoms with E-state index in [0.717, 1.165) is 25.8 Å². The topological polar surface area (TPSA) is 51.3 Å². The van der Waals surface area contributed by atoms with Gasteiger partial charge in [-0.15, -0.1) is 0 Å². The molecular formula is C17H29N3O. The fourth-order valence-corrected chi connectivity index (χ4v) is 3.19. The van der Waals surface area contributed by atoms with Crippen molar-refractivity contribution in [2.45, 2.75) is 58.0 Å². The van der Waals surface area contributed by atoms with E-state index in [9.17, 15) is 4.79 Å². The van der Waals surface area contributed by atoms with Gasteiger partial charge >= 0.3 is 0 Å².